The van der Waals surface area contributed by atoms with Gasteiger partial charge in [-0.25, -0.2) is 4.98 Å². The summed E-state index contributed by atoms with van der Waals surface area (Å²) in [6, 6.07) is 14.0. The van der Waals surface area contributed by atoms with E-state index >= 15 is 0 Å². The molecule has 1 heterocycles. The second kappa shape index (κ2) is 4.41. The zero-order valence-corrected chi connectivity index (χ0v) is 9.60. The van der Waals surface area contributed by atoms with Crippen molar-refractivity contribution in [3.05, 3.63) is 52.2 Å². The molecule has 0 unspecified atom stereocenters. The Labute approximate surface area is 96.5 Å². The van der Waals surface area contributed by atoms with Crippen LogP contribution in [0.5, 0.6) is 0 Å². The van der Waals surface area contributed by atoms with Crippen molar-refractivity contribution in [1.82, 2.24) is 4.98 Å². The molecular formula is C11H9IN2. The molecule has 0 atom stereocenters. The number of nitrogens with one attached hydrogen (secondary N) is 1. The normalized spacial score (nSPS) is 9.79. The summed E-state index contributed by atoms with van der Waals surface area (Å²) >= 11 is 2.24. The average molecular weight is 296 g/mol. The van der Waals surface area contributed by atoms with Crippen LogP contribution in [-0.4, -0.2) is 4.98 Å². The van der Waals surface area contributed by atoms with E-state index in [0.29, 0.717) is 0 Å². The van der Waals surface area contributed by atoms with Gasteiger partial charge in [-0.15, -0.1) is 0 Å². The van der Waals surface area contributed by atoms with Gasteiger partial charge in [0.25, 0.3) is 0 Å². The van der Waals surface area contributed by atoms with Gasteiger partial charge in [0.05, 0.1) is 0 Å². The topological polar surface area (TPSA) is 24.9 Å². The largest absolute Gasteiger partial charge is 0.340 e. The zero-order chi connectivity index (χ0) is 9.80. The van der Waals surface area contributed by atoms with Crippen LogP contribution in [0.15, 0.2) is 48.7 Å². The Morgan fingerprint density at radius 3 is 2.43 bits per heavy atom. The third kappa shape index (κ3) is 2.45. The molecule has 0 fully saturated rings. The summed E-state index contributed by atoms with van der Waals surface area (Å²) in [7, 11) is 0. The predicted molar refractivity (Wildman–Crippen MR) is 66.7 cm³/mol. The predicted octanol–water partition coefficient (Wildman–Crippen LogP) is 3.43. The van der Waals surface area contributed by atoms with Crippen LogP contribution in [-0.2, 0) is 0 Å². The number of anilines is 2. The van der Waals surface area contributed by atoms with Gasteiger partial charge < -0.3 is 5.32 Å². The van der Waals surface area contributed by atoms with Crippen LogP contribution in [0.1, 0.15) is 0 Å². The Kier molecular flexibility index (Phi) is 2.98. The second-order valence-electron chi connectivity index (χ2n) is 2.85. The van der Waals surface area contributed by atoms with Crippen molar-refractivity contribution in [2.45, 2.75) is 0 Å². The van der Waals surface area contributed by atoms with Crippen molar-refractivity contribution >= 4 is 34.1 Å². The van der Waals surface area contributed by atoms with E-state index in [4.69, 9.17) is 0 Å². The molecule has 2 nitrogen and oxygen atoms in total. The Morgan fingerprint density at radius 2 is 1.79 bits per heavy atom. The monoisotopic (exact) mass is 296 g/mol. The van der Waals surface area contributed by atoms with Crippen LogP contribution in [0.3, 0.4) is 0 Å². The first-order chi connectivity index (χ1) is 6.84. The molecule has 0 aliphatic carbocycles. The van der Waals surface area contributed by atoms with E-state index in [2.05, 4.69) is 32.9 Å². The first kappa shape index (κ1) is 9.45. The van der Waals surface area contributed by atoms with E-state index < -0.39 is 0 Å². The molecule has 14 heavy (non-hydrogen) atoms. The fourth-order valence-electron chi connectivity index (χ4n) is 1.12. The summed E-state index contributed by atoms with van der Waals surface area (Å²) < 4.78 is 1.14. The van der Waals surface area contributed by atoms with E-state index in [1.54, 1.807) is 0 Å². The highest BCUT2D eigenvalue weighted by atomic mass is 127. The smallest absolute Gasteiger partial charge is 0.130 e. The van der Waals surface area contributed by atoms with Crippen LogP contribution < -0.4 is 5.32 Å². The highest BCUT2D eigenvalue weighted by Crippen LogP contribution is 2.14. The molecule has 1 N–H and O–H groups in total. The van der Waals surface area contributed by atoms with Gasteiger partial charge in [-0.3, -0.25) is 0 Å². The molecule has 1 aromatic heterocycles. The van der Waals surface area contributed by atoms with Crippen LogP contribution in [0.4, 0.5) is 11.5 Å². The first-order valence-electron chi connectivity index (χ1n) is 4.28. The summed E-state index contributed by atoms with van der Waals surface area (Å²) in [4.78, 5) is 4.25. The minimum Gasteiger partial charge on any atom is -0.340 e. The maximum atomic E-state index is 4.25. The molecule has 0 aliphatic rings. The molecule has 0 spiro atoms. The van der Waals surface area contributed by atoms with Gasteiger partial charge in [0.2, 0.25) is 0 Å². The van der Waals surface area contributed by atoms with E-state index in [1.165, 1.54) is 0 Å². The second-order valence-corrected chi connectivity index (χ2v) is 4.10. The minimum absolute atomic E-state index is 0.872. The number of nitrogens with zero attached hydrogens (tertiary/aromatic N) is 1. The van der Waals surface area contributed by atoms with Crippen molar-refractivity contribution in [2.75, 3.05) is 5.32 Å². The molecule has 0 aliphatic heterocycles. The Hall–Kier alpha value is -1.10. The number of pyridine rings is 1. The SMILES string of the molecule is Ic1ccc(Nc2ccccc2)nc1. The van der Waals surface area contributed by atoms with Crippen molar-refractivity contribution in [3.63, 3.8) is 0 Å². The van der Waals surface area contributed by atoms with E-state index in [-0.39, 0.29) is 0 Å². The van der Waals surface area contributed by atoms with Gasteiger partial charge in [0.15, 0.2) is 0 Å². The maximum absolute atomic E-state index is 4.25. The molecule has 2 aromatic rings. The van der Waals surface area contributed by atoms with E-state index in [0.717, 1.165) is 15.1 Å². The highest BCUT2D eigenvalue weighted by molar-refractivity contribution is 14.1. The summed E-state index contributed by atoms with van der Waals surface area (Å²) in [5.41, 5.74) is 1.06. The van der Waals surface area contributed by atoms with Crippen LogP contribution in [0.25, 0.3) is 0 Å². The summed E-state index contributed by atoms with van der Waals surface area (Å²) in [6.07, 6.45) is 1.84. The molecule has 1 aromatic carbocycles. The van der Waals surface area contributed by atoms with Gasteiger partial charge in [0, 0.05) is 15.5 Å². The Morgan fingerprint density at radius 1 is 1.00 bits per heavy atom. The number of benzene rings is 1. The molecule has 70 valence electrons. The first-order valence-corrected chi connectivity index (χ1v) is 5.36. The minimum atomic E-state index is 0.872. The number of rotatable bonds is 2. The standard InChI is InChI=1S/C11H9IN2/c12-9-6-7-11(13-8-9)14-10-4-2-1-3-5-10/h1-8H,(H,13,14). The Bertz CT molecular complexity index is 397. The maximum Gasteiger partial charge on any atom is 0.130 e. The lowest BCUT2D eigenvalue weighted by molar-refractivity contribution is 1.29. The molecule has 3 heteroatoms. The van der Waals surface area contributed by atoms with Gasteiger partial charge in [-0.1, -0.05) is 18.2 Å². The lowest BCUT2D eigenvalue weighted by Gasteiger charge is -2.04. The fourth-order valence-corrected chi connectivity index (χ4v) is 1.44. The molecule has 0 saturated heterocycles. The number of para-hydroxylation sites is 1. The molecule has 0 radical (unpaired) electrons. The Balaban J connectivity index is 2.16. The third-order valence-corrected chi connectivity index (χ3v) is 2.41. The van der Waals surface area contributed by atoms with Gasteiger partial charge >= 0.3 is 0 Å². The quantitative estimate of drug-likeness (QED) is 0.859. The van der Waals surface area contributed by atoms with Crippen LogP contribution >= 0.6 is 22.6 Å². The van der Waals surface area contributed by atoms with E-state index in [1.807, 2.05) is 48.7 Å². The van der Waals surface area contributed by atoms with E-state index in [9.17, 15) is 0 Å². The van der Waals surface area contributed by atoms with Crippen LogP contribution in [0.2, 0.25) is 0 Å². The number of halogens is 1. The highest BCUT2D eigenvalue weighted by Gasteiger charge is 1.93. The summed E-state index contributed by atoms with van der Waals surface area (Å²) in [6.45, 7) is 0. The third-order valence-electron chi connectivity index (χ3n) is 1.77. The van der Waals surface area contributed by atoms with Crippen LogP contribution in [0, 0.1) is 3.57 Å². The lowest BCUT2D eigenvalue weighted by Crippen LogP contribution is -1.92. The van der Waals surface area contributed by atoms with Gasteiger partial charge in [-0.05, 0) is 46.9 Å². The summed E-state index contributed by atoms with van der Waals surface area (Å²) in [5.74, 6) is 0.872. The summed E-state index contributed by atoms with van der Waals surface area (Å²) in [5, 5.41) is 3.22. The molecule has 0 amide bonds. The van der Waals surface area contributed by atoms with Crippen molar-refractivity contribution in [1.29, 1.82) is 0 Å². The molecule has 0 bridgehead atoms. The van der Waals surface area contributed by atoms with Gasteiger partial charge in [-0.2, -0.15) is 0 Å². The average Bonchev–Trinajstić information content (AvgIpc) is 2.23. The fraction of sp³-hybridized carbons (Fsp3) is 0. The number of aromatic nitrogens is 1. The van der Waals surface area contributed by atoms with Gasteiger partial charge in [0.1, 0.15) is 5.82 Å². The zero-order valence-electron chi connectivity index (χ0n) is 7.44. The van der Waals surface area contributed by atoms with Crippen molar-refractivity contribution in [2.24, 2.45) is 0 Å². The van der Waals surface area contributed by atoms with Crippen molar-refractivity contribution < 1.29 is 0 Å². The molecular weight excluding hydrogens is 287 g/mol. The number of hydrogen-bond donors (Lipinski definition) is 1. The lowest BCUT2D eigenvalue weighted by atomic mass is 10.3. The number of hydrogen-bond acceptors (Lipinski definition) is 2. The van der Waals surface area contributed by atoms with Crippen molar-refractivity contribution in [3.8, 4) is 0 Å². The molecule has 2 rings (SSSR count). The molecule has 0 saturated carbocycles.